The fourth-order valence-corrected chi connectivity index (χ4v) is 1.74. The summed E-state index contributed by atoms with van der Waals surface area (Å²) in [4.78, 5) is 0. The van der Waals surface area contributed by atoms with Crippen LogP contribution in [0.5, 0.6) is 0 Å². The number of hydrogen-bond acceptors (Lipinski definition) is 0. The SMILES string of the molecule is CCCCCCc1ccccc1[P]. The van der Waals surface area contributed by atoms with Crippen molar-refractivity contribution in [2.75, 3.05) is 0 Å². The van der Waals surface area contributed by atoms with Crippen LogP contribution in [0.4, 0.5) is 0 Å². The van der Waals surface area contributed by atoms with Gasteiger partial charge in [-0.05, 0) is 32.9 Å². The van der Waals surface area contributed by atoms with Crippen molar-refractivity contribution in [2.45, 2.75) is 39.0 Å². The molecule has 1 aromatic rings. The average Bonchev–Trinajstić information content (AvgIpc) is 2.15. The molecule has 0 aliphatic carbocycles. The summed E-state index contributed by atoms with van der Waals surface area (Å²) in [6, 6.07) is 8.37. The zero-order valence-corrected chi connectivity index (χ0v) is 9.19. The number of rotatable bonds is 5. The Morgan fingerprint density at radius 3 is 2.54 bits per heavy atom. The smallest absolute Gasteiger partial charge is 0.00533 e. The Bertz CT molecular complexity index is 243. The van der Waals surface area contributed by atoms with Gasteiger partial charge in [-0.2, -0.15) is 0 Å². The minimum Gasteiger partial charge on any atom is -0.0654 e. The normalized spacial score (nSPS) is 10.3. The zero-order chi connectivity index (χ0) is 9.52. The van der Waals surface area contributed by atoms with Crippen molar-refractivity contribution in [3.63, 3.8) is 0 Å². The maximum Gasteiger partial charge on any atom is -0.00533 e. The average molecular weight is 192 g/mol. The zero-order valence-electron chi connectivity index (χ0n) is 8.29. The molecule has 0 saturated carbocycles. The van der Waals surface area contributed by atoms with Gasteiger partial charge >= 0.3 is 0 Å². The Labute approximate surface area is 84.0 Å². The largest absolute Gasteiger partial charge is 0.0654 e. The van der Waals surface area contributed by atoms with Gasteiger partial charge in [0.2, 0.25) is 0 Å². The maximum absolute atomic E-state index is 4.42. The van der Waals surface area contributed by atoms with Gasteiger partial charge in [0.15, 0.2) is 0 Å². The first kappa shape index (κ1) is 10.7. The number of benzene rings is 1. The lowest BCUT2D eigenvalue weighted by Crippen LogP contribution is -2.00. The fourth-order valence-electron chi connectivity index (χ4n) is 1.46. The van der Waals surface area contributed by atoms with Crippen LogP contribution in [0.2, 0.25) is 0 Å². The van der Waals surface area contributed by atoms with Crippen molar-refractivity contribution in [3.05, 3.63) is 29.8 Å². The van der Waals surface area contributed by atoms with Gasteiger partial charge in [0.25, 0.3) is 0 Å². The molecular weight excluding hydrogens is 175 g/mol. The summed E-state index contributed by atoms with van der Waals surface area (Å²) in [7, 11) is 4.42. The summed E-state index contributed by atoms with van der Waals surface area (Å²) in [6.07, 6.45) is 6.49. The lowest BCUT2D eigenvalue weighted by Gasteiger charge is -2.03. The van der Waals surface area contributed by atoms with Gasteiger partial charge < -0.3 is 0 Å². The van der Waals surface area contributed by atoms with E-state index in [4.69, 9.17) is 0 Å². The molecule has 0 atom stereocenters. The van der Waals surface area contributed by atoms with Crippen LogP contribution in [-0.4, -0.2) is 0 Å². The Hall–Kier alpha value is -0.350. The van der Waals surface area contributed by atoms with E-state index in [1.165, 1.54) is 37.7 Å². The van der Waals surface area contributed by atoms with E-state index >= 15 is 0 Å². The minimum absolute atomic E-state index is 1.14. The third-order valence-electron chi connectivity index (χ3n) is 2.29. The molecule has 0 nitrogen and oxygen atoms in total. The molecule has 1 rings (SSSR count). The van der Waals surface area contributed by atoms with E-state index in [0.717, 1.165) is 5.30 Å². The van der Waals surface area contributed by atoms with Crippen LogP contribution in [0.25, 0.3) is 0 Å². The Balaban J connectivity index is 2.32. The predicted octanol–water partition coefficient (Wildman–Crippen LogP) is 3.85. The molecule has 70 valence electrons. The molecular formula is C12H17P. The molecule has 0 aliphatic heterocycles. The summed E-state index contributed by atoms with van der Waals surface area (Å²) in [6.45, 7) is 2.24. The molecule has 13 heavy (non-hydrogen) atoms. The summed E-state index contributed by atoms with van der Waals surface area (Å²) < 4.78 is 0. The van der Waals surface area contributed by atoms with E-state index in [-0.39, 0.29) is 0 Å². The highest BCUT2D eigenvalue weighted by Gasteiger charge is 1.96. The van der Waals surface area contributed by atoms with E-state index < -0.39 is 0 Å². The highest BCUT2D eigenvalue weighted by Crippen LogP contribution is 2.07. The van der Waals surface area contributed by atoms with E-state index in [0.29, 0.717) is 0 Å². The van der Waals surface area contributed by atoms with Crippen molar-refractivity contribution in [1.82, 2.24) is 0 Å². The molecule has 0 heterocycles. The van der Waals surface area contributed by atoms with Gasteiger partial charge in [0, 0.05) is 0 Å². The van der Waals surface area contributed by atoms with E-state index in [9.17, 15) is 0 Å². The van der Waals surface area contributed by atoms with E-state index in [2.05, 4.69) is 34.4 Å². The van der Waals surface area contributed by atoms with Crippen molar-refractivity contribution in [3.8, 4) is 0 Å². The van der Waals surface area contributed by atoms with Gasteiger partial charge in [0.1, 0.15) is 0 Å². The molecule has 2 radical (unpaired) electrons. The summed E-state index contributed by atoms with van der Waals surface area (Å²) in [5.41, 5.74) is 1.39. The van der Waals surface area contributed by atoms with E-state index in [1.807, 2.05) is 6.07 Å². The molecule has 0 amide bonds. The lowest BCUT2D eigenvalue weighted by atomic mass is 10.1. The van der Waals surface area contributed by atoms with E-state index in [1.54, 1.807) is 0 Å². The molecule has 1 aromatic carbocycles. The van der Waals surface area contributed by atoms with Crippen molar-refractivity contribution in [1.29, 1.82) is 0 Å². The third kappa shape index (κ3) is 3.91. The third-order valence-corrected chi connectivity index (χ3v) is 2.73. The van der Waals surface area contributed by atoms with Gasteiger partial charge in [0.05, 0.1) is 0 Å². The second-order valence-corrected chi connectivity index (χ2v) is 3.92. The molecule has 0 bridgehead atoms. The standard InChI is InChI=1S/C12H17P/c1-2-3-4-5-8-11-9-6-7-10-12(11)13/h6-7,9-10H,2-5,8H2,1H3. The Kier molecular flexibility index (Phi) is 5.08. The highest BCUT2D eigenvalue weighted by molar-refractivity contribution is 7.27. The number of aryl methyl sites for hydroxylation is 1. The minimum atomic E-state index is 1.14. The lowest BCUT2D eigenvalue weighted by molar-refractivity contribution is 0.668. The van der Waals surface area contributed by atoms with Crippen molar-refractivity contribution >= 4 is 14.5 Å². The second kappa shape index (κ2) is 6.16. The van der Waals surface area contributed by atoms with Crippen molar-refractivity contribution < 1.29 is 0 Å². The monoisotopic (exact) mass is 192 g/mol. The molecule has 1 heteroatoms. The first-order valence-electron chi connectivity index (χ1n) is 5.11. The summed E-state index contributed by atoms with van der Waals surface area (Å²) in [5.74, 6) is 0. The molecule has 0 saturated heterocycles. The topological polar surface area (TPSA) is 0 Å². The van der Waals surface area contributed by atoms with Gasteiger partial charge in [-0.25, -0.2) is 0 Å². The van der Waals surface area contributed by atoms with Crippen LogP contribution in [0, 0.1) is 0 Å². The molecule has 0 aliphatic rings. The molecule has 0 N–H and O–H groups in total. The fraction of sp³-hybridized carbons (Fsp3) is 0.500. The molecule has 0 aromatic heterocycles. The van der Waals surface area contributed by atoms with Crippen molar-refractivity contribution in [2.24, 2.45) is 0 Å². The molecule has 0 spiro atoms. The molecule has 0 fully saturated rings. The number of hydrogen-bond donors (Lipinski definition) is 0. The van der Waals surface area contributed by atoms with Crippen LogP contribution in [0.3, 0.4) is 0 Å². The molecule has 0 unspecified atom stereocenters. The van der Waals surface area contributed by atoms with Crippen LogP contribution >= 0.6 is 9.24 Å². The second-order valence-electron chi connectivity index (χ2n) is 3.44. The Morgan fingerprint density at radius 1 is 1.08 bits per heavy atom. The maximum atomic E-state index is 4.42. The quantitative estimate of drug-likeness (QED) is 0.491. The first-order valence-corrected chi connectivity index (χ1v) is 5.56. The summed E-state index contributed by atoms with van der Waals surface area (Å²) >= 11 is 0. The highest BCUT2D eigenvalue weighted by atomic mass is 31.0. The van der Waals surface area contributed by atoms with Crippen LogP contribution in [-0.2, 0) is 6.42 Å². The van der Waals surface area contributed by atoms with Gasteiger partial charge in [-0.1, -0.05) is 50.5 Å². The van der Waals surface area contributed by atoms with Crippen LogP contribution < -0.4 is 5.30 Å². The Morgan fingerprint density at radius 2 is 1.85 bits per heavy atom. The van der Waals surface area contributed by atoms with Gasteiger partial charge in [-0.3, -0.25) is 0 Å². The predicted molar refractivity (Wildman–Crippen MR) is 60.8 cm³/mol. The van der Waals surface area contributed by atoms with Gasteiger partial charge in [-0.15, -0.1) is 0 Å². The van der Waals surface area contributed by atoms with Crippen LogP contribution in [0.1, 0.15) is 38.2 Å². The summed E-state index contributed by atoms with van der Waals surface area (Å²) in [5, 5.41) is 1.14. The van der Waals surface area contributed by atoms with Crippen LogP contribution in [0.15, 0.2) is 24.3 Å². The first-order chi connectivity index (χ1) is 6.34. The number of unbranched alkanes of at least 4 members (excludes halogenated alkanes) is 3.